The van der Waals surface area contributed by atoms with Gasteiger partial charge in [-0.25, -0.2) is 4.68 Å². The molecule has 0 aliphatic heterocycles. The van der Waals surface area contributed by atoms with Gasteiger partial charge in [-0.3, -0.25) is 4.99 Å². The first-order valence-electron chi connectivity index (χ1n) is 10.6. The molecule has 0 bridgehead atoms. The first kappa shape index (κ1) is 23.8. The van der Waals surface area contributed by atoms with Crippen molar-refractivity contribution < 1.29 is 14.6 Å². The van der Waals surface area contributed by atoms with E-state index in [1.54, 1.807) is 29.7 Å². The van der Waals surface area contributed by atoms with E-state index in [0.29, 0.717) is 18.0 Å². The monoisotopic (exact) mass is 537 g/mol. The van der Waals surface area contributed by atoms with Gasteiger partial charge >= 0.3 is 0 Å². The minimum Gasteiger partial charge on any atom is -0.502 e. The molecule has 4 rings (SSSR count). The number of phenols is 1. The zero-order chi connectivity index (χ0) is 23.9. The first-order valence-corrected chi connectivity index (χ1v) is 12.3. The molecule has 4 aromatic rings. The molecule has 0 saturated heterocycles. The van der Waals surface area contributed by atoms with Crippen LogP contribution in [0, 0.1) is 0 Å². The molecule has 0 radical (unpaired) electrons. The van der Waals surface area contributed by atoms with Crippen molar-refractivity contribution in [2.45, 2.75) is 6.42 Å². The number of thiazole rings is 1. The summed E-state index contributed by atoms with van der Waals surface area (Å²) in [5.41, 5.74) is 3.90. The summed E-state index contributed by atoms with van der Waals surface area (Å²) >= 11 is 5.19. The van der Waals surface area contributed by atoms with Crippen molar-refractivity contribution in [1.82, 2.24) is 4.68 Å². The summed E-state index contributed by atoms with van der Waals surface area (Å²) in [7, 11) is 3.00. The third-order valence-electron chi connectivity index (χ3n) is 5.15. The number of benzene rings is 3. The van der Waals surface area contributed by atoms with E-state index in [4.69, 9.17) is 19.6 Å². The molecule has 0 aliphatic carbocycles. The molecule has 34 heavy (non-hydrogen) atoms. The number of phenolic OH excluding ortho intramolecular Hbond substituents is 1. The SMILES string of the molecule is COc1cc(C=Nn2c(-c3ccccc3Br)csc2=NCCc2ccccc2)cc(OC)c1O. The van der Waals surface area contributed by atoms with Gasteiger partial charge in [-0.1, -0.05) is 64.5 Å². The molecule has 0 amide bonds. The minimum atomic E-state index is -0.0455. The van der Waals surface area contributed by atoms with Crippen LogP contribution in [-0.4, -0.2) is 36.8 Å². The van der Waals surface area contributed by atoms with Gasteiger partial charge in [0.1, 0.15) is 0 Å². The fourth-order valence-electron chi connectivity index (χ4n) is 3.41. The average molecular weight is 538 g/mol. The second kappa shape index (κ2) is 11.2. The van der Waals surface area contributed by atoms with E-state index < -0.39 is 0 Å². The molecule has 0 fully saturated rings. The second-order valence-corrected chi connectivity index (χ2v) is 9.02. The van der Waals surface area contributed by atoms with E-state index in [0.717, 1.165) is 32.5 Å². The van der Waals surface area contributed by atoms with Gasteiger partial charge in [0.25, 0.3) is 0 Å². The van der Waals surface area contributed by atoms with Gasteiger partial charge in [-0.15, -0.1) is 11.3 Å². The maximum atomic E-state index is 10.2. The molecule has 0 spiro atoms. The molecule has 8 heteroatoms. The Morgan fingerprint density at radius 3 is 2.35 bits per heavy atom. The van der Waals surface area contributed by atoms with Gasteiger partial charge in [-0.2, -0.15) is 5.10 Å². The molecular formula is C26H24BrN3O3S. The van der Waals surface area contributed by atoms with Gasteiger partial charge < -0.3 is 14.6 Å². The predicted molar refractivity (Wildman–Crippen MR) is 140 cm³/mol. The molecule has 0 unspecified atom stereocenters. The Hall–Kier alpha value is -3.36. The summed E-state index contributed by atoms with van der Waals surface area (Å²) in [6.45, 7) is 0.649. The molecule has 0 aliphatic rings. The number of halogens is 1. The van der Waals surface area contributed by atoms with E-state index in [1.807, 2.05) is 47.1 Å². The highest BCUT2D eigenvalue weighted by Crippen LogP contribution is 2.36. The topological polar surface area (TPSA) is 68.3 Å². The molecule has 1 heterocycles. The third-order valence-corrected chi connectivity index (χ3v) is 6.70. The Labute approximate surface area is 210 Å². The van der Waals surface area contributed by atoms with Crippen molar-refractivity contribution in [3.8, 4) is 28.5 Å². The standard InChI is InChI=1S/C26H24BrN3O3S/c1-32-23-14-19(15-24(33-2)25(23)31)16-29-30-22(20-10-6-7-11-21(20)27)17-34-26(30)28-13-12-18-8-4-3-5-9-18/h3-11,14-17,31H,12-13H2,1-2H3. The minimum absolute atomic E-state index is 0.0455. The summed E-state index contributed by atoms with van der Waals surface area (Å²) in [5, 5.41) is 17.0. The number of hydrogen-bond acceptors (Lipinski definition) is 6. The van der Waals surface area contributed by atoms with Crippen molar-refractivity contribution in [2.75, 3.05) is 20.8 Å². The highest BCUT2D eigenvalue weighted by molar-refractivity contribution is 9.10. The van der Waals surface area contributed by atoms with Crippen LogP contribution in [0.15, 0.2) is 86.7 Å². The van der Waals surface area contributed by atoms with E-state index >= 15 is 0 Å². The Morgan fingerprint density at radius 2 is 1.68 bits per heavy atom. The van der Waals surface area contributed by atoms with E-state index in [-0.39, 0.29) is 5.75 Å². The normalized spacial score (nSPS) is 11.8. The van der Waals surface area contributed by atoms with Gasteiger partial charge in [-0.05, 0) is 30.2 Å². The summed E-state index contributed by atoms with van der Waals surface area (Å²) in [4.78, 5) is 5.62. The summed E-state index contributed by atoms with van der Waals surface area (Å²) in [5.74, 6) is 0.584. The lowest BCUT2D eigenvalue weighted by Crippen LogP contribution is -2.13. The van der Waals surface area contributed by atoms with Gasteiger partial charge in [0.05, 0.1) is 26.1 Å². The quantitative estimate of drug-likeness (QED) is 0.292. The van der Waals surface area contributed by atoms with Crippen molar-refractivity contribution in [3.63, 3.8) is 0 Å². The lowest BCUT2D eigenvalue weighted by atomic mass is 10.2. The maximum absolute atomic E-state index is 10.2. The molecule has 0 saturated carbocycles. The fourth-order valence-corrected chi connectivity index (χ4v) is 4.75. The molecular weight excluding hydrogens is 514 g/mol. The smallest absolute Gasteiger partial charge is 0.206 e. The first-order chi connectivity index (χ1) is 16.6. The maximum Gasteiger partial charge on any atom is 0.206 e. The summed E-state index contributed by atoms with van der Waals surface area (Å²) in [6, 6.07) is 21.7. The third kappa shape index (κ3) is 5.40. The Kier molecular flexibility index (Phi) is 7.82. The number of ether oxygens (including phenoxy) is 2. The van der Waals surface area contributed by atoms with Crippen molar-refractivity contribution in [1.29, 1.82) is 0 Å². The second-order valence-electron chi connectivity index (χ2n) is 7.33. The van der Waals surface area contributed by atoms with Crippen LogP contribution in [0.4, 0.5) is 0 Å². The number of aromatic hydroxyl groups is 1. The molecule has 6 nitrogen and oxygen atoms in total. The molecule has 0 atom stereocenters. The van der Waals surface area contributed by atoms with Gasteiger partial charge in [0.15, 0.2) is 11.5 Å². The summed E-state index contributed by atoms with van der Waals surface area (Å²) < 4.78 is 13.4. The lowest BCUT2D eigenvalue weighted by Gasteiger charge is -2.09. The van der Waals surface area contributed by atoms with Crippen LogP contribution < -0.4 is 14.3 Å². The van der Waals surface area contributed by atoms with Crippen LogP contribution in [0.5, 0.6) is 17.2 Å². The van der Waals surface area contributed by atoms with Crippen LogP contribution in [0.3, 0.4) is 0 Å². The van der Waals surface area contributed by atoms with Crippen molar-refractivity contribution in [2.24, 2.45) is 10.1 Å². The summed E-state index contributed by atoms with van der Waals surface area (Å²) in [6.07, 6.45) is 2.55. The van der Waals surface area contributed by atoms with E-state index in [1.165, 1.54) is 19.8 Å². The number of nitrogens with zero attached hydrogens (tertiary/aromatic N) is 3. The van der Waals surface area contributed by atoms with Gasteiger partial charge in [0.2, 0.25) is 10.6 Å². The van der Waals surface area contributed by atoms with E-state index in [2.05, 4.69) is 33.4 Å². The average Bonchev–Trinajstić information content (AvgIpc) is 3.26. The zero-order valence-corrected chi connectivity index (χ0v) is 21.2. The van der Waals surface area contributed by atoms with Crippen molar-refractivity contribution >= 4 is 33.5 Å². The van der Waals surface area contributed by atoms with E-state index in [9.17, 15) is 5.11 Å². The fraction of sp³-hybridized carbons (Fsp3) is 0.154. The van der Waals surface area contributed by atoms with Crippen LogP contribution in [0.1, 0.15) is 11.1 Å². The van der Waals surface area contributed by atoms with Crippen molar-refractivity contribution in [3.05, 3.63) is 92.5 Å². The molecule has 174 valence electrons. The Balaban J connectivity index is 1.74. The molecule has 1 N–H and O–H groups in total. The molecule has 3 aromatic carbocycles. The zero-order valence-electron chi connectivity index (χ0n) is 18.8. The lowest BCUT2D eigenvalue weighted by molar-refractivity contribution is 0.340. The Bertz CT molecular complexity index is 1340. The molecule has 1 aromatic heterocycles. The number of hydrogen-bond donors (Lipinski definition) is 1. The number of methoxy groups -OCH3 is 2. The van der Waals surface area contributed by atoms with Crippen LogP contribution >= 0.6 is 27.3 Å². The van der Waals surface area contributed by atoms with Crippen LogP contribution in [-0.2, 0) is 6.42 Å². The highest BCUT2D eigenvalue weighted by Gasteiger charge is 2.12. The largest absolute Gasteiger partial charge is 0.502 e. The van der Waals surface area contributed by atoms with Crippen LogP contribution in [0.25, 0.3) is 11.3 Å². The predicted octanol–water partition coefficient (Wildman–Crippen LogP) is 5.73. The van der Waals surface area contributed by atoms with Crippen LogP contribution in [0.2, 0.25) is 0 Å². The van der Waals surface area contributed by atoms with Gasteiger partial charge in [0, 0.05) is 27.5 Å². The Morgan fingerprint density at radius 1 is 1.00 bits per heavy atom. The number of rotatable bonds is 8. The number of aromatic nitrogens is 1. The highest BCUT2D eigenvalue weighted by atomic mass is 79.9.